The number of aromatic nitrogens is 2. The van der Waals surface area contributed by atoms with E-state index in [0.29, 0.717) is 62.5 Å². The molecule has 14 heteroatoms. The highest BCUT2D eigenvalue weighted by Gasteiger charge is 2.32. The van der Waals surface area contributed by atoms with E-state index in [-0.39, 0.29) is 42.2 Å². The van der Waals surface area contributed by atoms with Crippen LogP contribution in [0.2, 0.25) is 0 Å². The van der Waals surface area contributed by atoms with E-state index in [1.807, 2.05) is 4.90 Å². The summed E-state index contributed by atoms with van der Waals surface area (Å²) in [4.78, 5) is 38.2. The van der Waals surface area contributed by atoms with E-state index in [1.54, 1.807) is 4.90 Å². The molecule has 2 amide bonds. The first kappa shape index (κ1) is 29.2. The molecule has 1 aliphatic heterocycles. The maximum Gasteiger partial charge on any atom is 0.458 e. The van der Waals surface area contributed by atoms with E-state index in [4.69, 9.17) is 4.74 Å². The molecular formula is C24H29F3N5O5S+. The zero-order valence-corrected chi connectivity index (χ0v) is 21.6. The van der Waals surface area contributed by atoms with Crippen LogP contribution in [0.1, 0.15) is 37.3 Å². The van der Waals surface area contributed by atoms with Gasteiger partial charge >= 0.3 is 23.9 Å². The van der Waals surface area contributed by atoms with E-state index >= 15 is 0 Å². The van der Waals surface area contributed by atoms with Gasteiger partial charge in [0.2, 0.25) is 11.7 Å². The Bertz CT molecular complexity index is 1120. The lowest BCUT2D eigenvalue weighted by atomic mass is 10.1. The average molecular weight is 557 g/mol. The van der Waals surface area contributed by atoms with Gasteiger partial charge in [0.25, 0.3) is 0 Å². The van der Waals surface area contributed by atoms with Crippen LogP contribution in [0, 0.1) is 0 Å². The molecule has 1 unspecified atom stereocenters. The molecule has 38 heavy (non-hydrogen) atoms. The number of piperazine rings is 1. The minimum absolute atomic E-state index is 0.0316. The number of carbonyl (C=O) groups excluding carboxylic acids is 3. The Morgan fingerprint density at radius 1 is 1.18 bits per heavy atom. The predicted molar refractivity (Wildman–Crippen MR) is 133 cm³/mol. The number of aldehydes is 1. The number of hydrogen-bond acceptors (Lipinski definition) is 7. The number of rotatable bonds is 11. The minimum Gasteiger partial charge on any atom is -0.490 e. The molecule has 1 atom stereocenters. The van der Waals surface area contributed by atoms with Crippen molar-refractivity contribution >= 4 is 35.7 Å². The number of alkyl halides is 3. The van der Waals surface area contributed by atoms with Gasteiger partial charge in [-0.15, -0.1) is 5.10 Å². The molecular weight excluding hydrogens is 527 g/mol. The first-order valence-corrected chi connectivity index (χ1v) is 12.9. The molecule has 0 radical (unpaired) electrons. The summed E-state index contributed by atoms with van der Waals surface area (Å²) in [5.74, 6) is 0.194. The highest BCUT2D eigenvalue weighted by atomic mass is 32.1. The van der Waals surface area contributed by atoms with Crippen LogP contribution in [0.5, 0.6) is 5.75 Å². The molecule has 0 bridgehead atoms. The molecule has 0 spiro atoms. The Kier molecular flexibility index (Phi) is 10.3. The number of benzene rings is 1. The molecule has 1 fully saturated rings. The second-order valence-electron chi connectivity index (χ2n) is 8.83. The third-order valence-electron chi connectivity index (χ3n) is 5.86. The maximum atomic E-state index is 13.6. The SMILES string of the molecule is CC(=O)Nc1ccn(C(=O)N2CCN(Cc3cc(OC(CCC=O)CC[S+]=O)cc(C(F)(F)F)c3)CC2)n1. The van der Waals surface area contributed by atoms with E-state index in [1.165, 1.54) is 25.3 Å². The van der Waals surface area contributed by atoms with Crippen LogP contribution < -0.4 is 10.1 Å². The van der Waals surface area contributed by atoms with Gasteiger partial charge in [-0.2, -0.15) is 17.9 Å². The van der Waals surface area contributed by atoms with Gasteiger partial charge in [-0.25, -0.2) is 4.79 Å². The van der Waals surface area contributed by atoms with Crippen molar-refractivity contribution in [3.63, 3.8) is 0 Å². The van der Waals surface area contributed by atoms with Crippen LogP contribution in [-0.4, -0.2) is 75.8 Å². The molecule has 0 aliphatic carbocycles. The zero-order chi connectivity index (χ0) is 27.7. The fourth-order valence-electron chi connectivity index (χ4n) is 4.05. The number of nitrogens with zero attached hydrogens (tertiary/aromatic N) is 4. The first-order chi connectivity index (χ1) is 18.1. The van der Waals surface area contributed by atoms with Gasteiger partial charge in [0.1, 0.15) is 18.1 Å². The van der Waals surface area contributed by atoms with Gasteiger partial charge in [0.15, 0.2) is 5.82 Å². The predicted octanol–water partition coefficient (Wildman–Crippen LogP) is 3.19. The standard InChI is InChI=1S/C24H28F3N5O5S/c1-17(34)28-22-4-6-32(29-22)23(35)31-9-7-30(8-10-31)16-18-13-19(24(25,26)27)15-21(14-18)37-20(3-2-11-33)5-12-38-36/h4,6,11,13-15,20H,2-3,5,7-10,12,16H2,1H3/p+1. The number of ether oxygens (including phenoxy) is 1. The largest absolute Gasteiger partial charge is 0.490 e. The lowest BCUT2D eigenvalue weighted by molar-refractivity contribution is -0.137. The van der Waals surface area contributed by atoms with E-state index in [2.05, 4.69) is 10.4 Å². The molecule has 206 valence electrons. The molecule has 2 aromatic rings. The highest BCUT2D eigenvalue weighted by molar-refractivity contribution is 7.65. The van der Waals surface area contributed by atoms with Crippen molar-refractivity contribution in [1.29, 1.82) is 0 Å². The normalized spacial score (nSPS) is 15.1. The lowest BCUT2D eigenvalue weighted by Crippen LogP contribution is -2.49. The van der Waals surface area contributed by atoms with Crippen LogP contribution in [0.4, 0.5) is 23.8 Å². The van der Waals surface area contributed by atoms with Crippen LogP contribution in [0.25, 0.3) is 0 Å². The van der Waals surface area contributed by atoms with Crippen molar-refractivity contribution in [3.05, 3.63) is 41.6 Å². The molecule has 1 N–H and O–H groups in total. The van der Waals surface area contributed by atoms with E-state index < -0.39 is 17.8 Å². The maximum absolute atomic E-state index is 13.6. The van der Waals surface area contributed by atoms with Crippen LogP contribution >= 0.6 is 0 Å². The summed E-state index contributed by atoms with van der Waals surface area (Å²) in [6, 6.07) is 4.68. The summed E-state index contributed by atoms with van der Waals surface area (Å²) in [6.07, 6.45) is -2.20. The van der Waals surface area contributed by atoms with Crippen molar-refractivity contribution < 1.29 is 36.5 Å². The molecule has 0 saturated carbocycles. The number of halogens is 3. The molecule has 1 saturated heterocycles. The Morgan fingerprint density at radius 3 is 2.55 bits per heavy atom. The number of carbonyl (C=O) groups is 3. The van der Waals surface area contributed by atoms with Gasteiger partial charge in [-0.1, -0.05) is 0 Å². The minimum atomic E-state index is -4.58. The number of nitrogens with one attached hydrogen (secondary N) is 1. The Labute approximate surface area is 221 Å². The zero-order valence-electron chi connectivity index (χ0n) is 20.8. The summed E-state index contributed by atoms with van der Waals surface area (Å²) in [6.45, 7) is 3.10. The summed E-state index contributed by atoms with van der Waals surface area (Å²) in [5.41, 5.74) is -0.450. The molecule has 1 aromatic heterocycles. The lowest BCUT2D eigenvalue weighted by Gasteiger charge is -2.34. The first-order valence-electron chi connectivity index (χ1n) is 12.0. The van der Waals surface area contributed by atoms with Crippen molar-refractivity contribution in [2.45, 2.75) is 45.0 Å². The highest BCUT2D eigenvalue weighted by Crippen LogP contribution is 2.34. The van der Waals surface area contributed by atoms with Crippen molar-refractivity contribution in [2.75, 3.05) is 37.2 Å². The summed E-state index contributed by atoms with van der Waals surface area (Å²) in [5, 5.41) is 6.53. The second kappa shape index (κ2) is 13.4. The fourth-order valence-corrected chi connectivity index (χ4v) is 4.41. The number of amides is 2. The molecule has 10 nitrogen and oxygen atoms in total. The molecule has 1 aliphatic rings. The summed E-state index contributed by atoms with van der Waals surface area (Å²) < 4.78 is 58.5. The summed E-state index contributed by atoms with van der Waals surface area (Å²) in [7, 11) is 0. The second-order valence-corrected chi connectivity index (χ2v) is 9.47. The van der Waals surface area contributed by atoms with Gasteiger partial charge in [0.05, 0.1) is 5.56 Å². The number of hydrogen-bond donors (Lipinski definition) is 1. The van der Waals surface area contributed by atoms with Crippen molar-refractivity contribution in [3.8, 4) is 5.75 Å². The van der Waals surface area contributed by atoms with Gasteiger partial charge in [-0.05, 0) is 30.2 Å². The average Bonchev–Trinajstić information content (AvgIpc) is 3.32. The monoisotopic (exact) mass is 556 g/mol. The fraction of sp³-hybridized carbons (Fsp3) is 0.500. The third-order valence-corrected chi connectivity index (χ3v) is 6.27. The topological polar surface area (TPSA) is 114 Å². The van der Waals surface area contributed by atoms with Crippen molar-refractivity contribution in [1.82, 2.24) is 19.6 Å². The van der Waals surface area contributed by atoms with Crippen LogP contribution in [0.3, 0.4) is 0 Å². The van der Waals surface area contributed by atoms with Gasteiger partial charge in [0, 0.05) is 69.0 Å². The van der Waals surface area contributed by atoms with Crippen LogP contribution in [-0.2, 0) is 38.2 Å². The number of anilines is 1. The Balaban J connectivity index is 1.66. The molecule has 3 rings (SSSR count). The Morgan fingerprint density at radius 2 is 1.92 bits per heavy atom. The van der Waals surface area contributed by atoms with Crippen molar-refractivity contribution in [2.24, 2.45) is 0 Å². The Hall–Kier alpha value is -3.39. The summed E-state index contributed by atoms with van der Waals surface area (Å²) >= 11 is 0.357. The third kappa shape index (κ3) is 8.58. The quantitative estimate of drug-likeness (QED) is 0.334. The molecule has 2 heterocycles. The van der Waals surface area contributed by atoms with Gasteiger partial charge < -0.3 is 19.7 Å². The van der Waals surface area contributed by atoms with Gasteiger partial charge in [-0.3, -0.25) is 9.69 Å². The smallest absolute Gasteiger partial charge is 0.458 e. The molecule has 1 aromatic carbocycles. The van der Waals surface area contributed by atoms with E-state index in [0.717, 1.165) is 16.8 Å². The van der Waals surface area contributed by atoms with Crippen LogP contribution in [0.15, 0.2) is 30.5 Å². The van der Waals surface area contributed by atoms with E-state index in [9.17, 15) is 31.8 Å².